The van der Waals surface area contributed by atoms with E-state index in [4.69, 9.17) is 9.97 Å². The van der Waals surface area contributed by atoms with Gasteiger partial charge in [0.1, 0.15) is 11.3 Å². The zero-order valence-corrected chi connectivity index (χ0v) is 26.8. The minimum Gasteiger partial charge on any atom is -0.292 e. The highest BCUT2D eigenvalue weighted by atomic mass is 15.0. The summed E-state index contributed by atoms with van der Waals surface area (Å²) in [6, 6.07) is 57.1. The summed E-state index contributed by atoms with van der Waals surface area (Å²) in [6.45, 7) is 0. The van der Waals surface area contributed by atoms with Crippen LogP contribution in [0.1, 0.15) is 0 Å². The molecule has 0 unspecified atom stereocenters. The van der Waals surface area contributed by atoms with Crippen LogP contribution in [-0.4, -0.2) is 18.8 Å². The van der Waals surface area contributed by atoms with Crippen molar-refractivity contribution < 1.29 is 0 Å². The fraction of sp³-hybridized carbons (Fsp3) is 0. The Morgan fingerprint density at radius 1 is 0.340 bits per heavy atom. The highest BCUT2D eigenvalue weighted by molar-refractivity contribution is 6.24. The number of benzene rings is 8. The van der Waals surface area contributed by atoms with Gasteiger partial charge in [-0.15, -0.1) is 0 Å². The van der Waals surface area contributed by atoms with Crippen LogP contribution in [0.3, 0.4) is 0 Å². The number of hydrogen-bond donors (Lipinski definition) is 0. The maximum Gasteiger partial charge on any atom is 0.147 e. The third-order valence-corrected chi connectivity index (χ3v) is 10.8. The summed E-state index contributed by atoms with van der Waals surface area (Å²) in [5, 5.41) is 12.0. The summed E-state index contributed by atoms with van der Waals surface area (Å²) in [6.07, 6.45) is 0. The average Bonchev–Trinajstić information content (AvgIpc) is 3.78. The molecule has 8 aromatic carbocycles. The lowest BCUT2D eigenvalue weighted by Gasteiger charge is -2.14. The maximum absolute atomic E-state index is 5.45. The molecule has 0 bridgehead atoms. The maximum atomic E-state index is 5.45. The summed E-state index contributed by atoms with van der Waals surface area (Å²) in [4.78, 5) is 10.6. The summed E-state index contributed by atoms with van der Waals surface area (Å²) in [7, 11) is 0. The highest BCUT2D eigenvalue weighted by Gasteiger charge is 2.19. The number of fused-ring (bicyclic) bond motifs is 20. The lowest BCUT2D eigenvalue weighted by molar-refractivity contribution is 1.31. The first-order valence-electron chi connectivity index (χ1n) is 17.1. The van der Waals surface area contributed by atoms with Crippen molar-refractivity contribution in [2.45, 2.75) is 0 Å². The number of pyridine rings is 2. The predicted octanol–water partition coefficient (Wildman–Crippen LogP) is 11.9. The molecular weight excluding hydrogens is 609 g/mol. The Kier molecular flexibility index (Phi) is 4.94. The third-order valence-electron chi connectivity index (χ3n) is 10.8. The van der Waals surface area contributed by atoms with E-state index in [9.17, 15) is 0 Å². The first kappa shape index (κ1) is 26.2. The van der Waals surface area contributed by atoms with Crippen LogP contribution in [0.2, 0.25) is 0 Å². The van der Waals surface area contributed by atoms with Gasteiger partial charge in [0.25, 0.3) is 0 Å². The van der Waals surface area contributed by atoms with Crippen LogP contribution in [0.15, 0.2) is 158 Å². The van der Waals surface area contributed by atoms with Crippen molar-refractivity contribution in [2.24, 2.45) is 0 Å². The SMILES string of the molecule is c1ccc2c(c1)ccc1c2nc2c3c4ccccc4ccc3c3ccc(-c4ccc5c(c4)c4ccccc4n4c6ccccc6nc54)cc3n12. The molecule has 12 aromatic rings. The molecule has 0 aliphatic rings. The molecule has 4 heterocycles. The first-order chi connectivity index (χ1) is 24.8. The van der Waals surface area contributed by atoms with Crippen LogP contribution in [0.5, 0.6) is 0 Å². The second-order valence-electron chi connectivity index (χ2n) is 13.4. The van der Waals surface area contributed by atoms with Crippen LogP contribution in [0.25, 0.3) is 109 Å². The molecule has 0 amide bonds. The lowest BCUT2D eigenvalue weighted by Crippen LogP contribution is -1.94. The van der Waals surface area contributed by atoms with Crippen LogP contribution in [-0.2, 0) is 0 Å². The second-order valence-corrected chi connectivity index (χ2v) is 13.4. The van der Waals surface area contributed by atoms with Crippen LogP contribution in [0.4, 0.5) is 0 Å². The minimum absolute atomic E-state index is 0.988. The van der Waals surface area contributed by atoms with E-state index < -0.39 is 0 Å². The van der Waals surface area contributed by atoms with Gasteiger partial charge >= 0.3 is 0 Å². The van der Waals surface area contributed by atoms with E-state index in [1.165, 1.54) is 59.6 Å². The number of para-hydroxylation sites is 3. The Bertz CT molecular complexity index is 3440. The summed E-state index contributed by atoms with van der Waals surface area (Å²) < 4.78 is 4.70. The molecule has 4 nitrogen and oxygen atoms in total. The molecule has 0 saturated heterocycles. The van der Waals surface area contributed by atoms with Gasteiger partial charge < -0.3 is 0 Å². The van der Waals surface area contributed by atoms with Gasteiger partial charge in [0.2, 0.25) is 0 Å². The second kappa shape index (κ2) is 9.43. The number of rotatable bonds is 1. The molecule has 0 fully saturated rings. The van der Waals surface area contributed by atoms with E-state index in [2.05, 4.69) is 167 Å². The van der Waals surface area contributed by atoms with Crippen molar-refractivity contribution in [3.05, 3.63) is 158 Å². The molecule has 230 valence electrons. The van der Waals surface area contributed by atoms with Crippen LogP contribution >= 0.6 is 0 Å². The molecule has 0 aliphatic carbocycles. The van der Waals surface area contributed by atoms with Crippen molar-refractivity contribution in [3.63, 3.8) is 0 Å². The number of imidazole rings is 2. The highest BCUT2D eigenvalue weighted by Crippen LogP contribution is 2.40. The third kappa shape index (κ3) is 3.34. The van der Waals surface area contributed by atoms with E-state index in [1.807, 2.05) is 0 Å². The molecule has 0 aliphatic heterocycles. The minimum atomic E-state index is 0.988. The molecule has 0 saturated carbocycles. The van der Waals surface area contributed by atoms with Crippen molar-refractivity contribution in [3.8, 4) is 11.1 Å². The van der Waals surface area contributed by atoms with Gasteiger partial charge in [0, 0.05) is 26.9 Å². The van der Waals surface area contributed by atoms with Crippen molar-refractivity contribution in [2.75, 3.05) is 0 Å². The van der Waals surface area contributed by atoms with E-state index >= 15 is 0 Å². The Hall–Kier alpha value is -6.78. The lowest BCUT2D eigenvalue weighted by atomic mass is 9.96. The molecule has 0 spiro atoms. The molecule has 50 heavy (non-hydrogen) atoms. The Morgan fingerprint density at radius 3 is 1.84 bits per heavy atom. The van der Waals surface area contributed by atoms with Crippen molar-refractivity contribution >= 4 is 98.3 Å². The molecule has 0 radical (unpaired) electrons. The van der Waals surface area contributed by atoms with Gasteiger partial charge in [0.15, 0.2) is 0 Å². The molecule has 0 N–H and O–H groups in total. The van der Waals surface area contributed by atoms with Gasteiger partial charge in [-0.3, -0.25) is 8.80 Å². The number of hydrogen-bond acceptors (Lipinski definition) is 2. The molecular formula is C46H26N4. The summed E-state index contributed by atoms with van der Waals surface area (Å²) in [5.74, 6) is 0. The molecule has 0 atom stereocenters. The smallest absolute Gasteiger partial charge is 0.147 e. The van der Waals surface area contributed by atoms with Gasteiger partial charge in [-0.25, -0.2) is 9.97 Å². The zero-order valence-electron chi connectivity index (χ0n) is 26.8. The van der Waals surface area contributed by atoms with E-state index in [0.29, 0.717) is 0 Å². The topological polar surface area (TPSA) is 34.6 Å². The Balaban J connectivity index is 1.20. The Morgan fingerprint density at radius 2 is 0.960 bits per heavy atom. The van der Waals surface area contributed by atoms with Gasteiger partial charge in [-0.2, -0.15) is 0 Å². The van der Waals surface area contributed by atoms with Gasteiger partial charge in [-0.05, 0) is 80.5 Å². The molecule has 12 rings (SSSR count). The normalized spacial score (nSPS) is 12.4. The Labute approximate surface area is 285 Å². The standard InChI is InChI=1S/C46H26N4/c1-3-11-31-27(9-1)17-22-35-34-21-18-30(26-42(34)50-41-24-20-28-10-2-4-12-32(28)44(41)48-46(50)43(31)35)29-19-23-36-37(25-29)33-13-5-7-15-39(33)49-40-16-8-6-14-38(40)47-45(36)49/h1-26H. The largest absolute Gasteiger partial charge is 0.292 e. The fourth-order valence-corrected chi connectivity index (χ4v) is 8.57. The van der Waals surface area contributed by atoms with Gasteiger partial charge in [-0.1, -0.05) is 115 Å². The number of aromatic nitrogens is 4. The monoisotopic (exact) mass is 634 g/mol. The van der Waals surface area contributed by atoms with E-state index in [1.54, 1.807) is 0 Å². The molecule has 4 aromatic heterocycles. The quantitative estimate of drug-likeness (QED) is 0.168. The summed E-state index contributed by atoms with van der Waals surface area (Å²) in [5.41, 5.74) is 10.9. The van der Waals surface area contributed by atoms with E-state index in [-0.39, 0.29) is 0 Å². The predicted molar refractivity (Wildman–Crippen MR) is 209 cm³/mol. The first-order valence-corrected chi connectivity index (χ1v) is 17.1. The van der Waals surface area contributed by atoms with Crippen LogP contribution < -0.4 is 0 Å². The average molecular weight is 635 g/mol. The zero-order chi connectivity index (χ0) is 32.5. The van der Waals surface area contributed by atoms with Crippen LogP contribution in [0, 0.1) is 0 Å². The number of nitrogens with zero attached hydrogens (tertiary/aromatic N) is 4. The van der Waals surface area contributed by atoms with Gasteiger partial charge in [0.05, 0.1) is 33.1 Å². The molecule has 4 heteroatoms. The van der Waals surface area contributed by atoms with Crippen molar-refractivity contribution in [1.29, 1.82) is 0 Å². The summed E-state index contributed by atoms with van der Waals surface area (Å²) >= 11 is 0. The van der Waals surface area contributed by atoms with Crippen molar-refractivity contribution in [1.82, 2.24) is 18.8 Å². The van der Waals surface area contributed by atoms with E-state index in [0.717, 1.165) is 49.8 Å². The fourth-order valence-electron chi connectivity index (χ4n) is 8.57.